The molecule has 1 rings (SSSR count). The van der Waals surface area contributed by atoms with Crippen molar-refractivity contribution in [3.8, 4) is 0 Å². The first-order chi connectivity index (χ1) is 8.91. The lowest BCUT2D eigenvalue weighted by molar-refractivity contribution is -0.126. The van der Waals surface area contributed by atoms with Crippen LogP contribution in [-0.4, -0.2) is 42.5 Å². The van der Waals surface area contributed by atoms with Gasteiger partial charge in [0, 0.05) is 19.1 Å². The Morgan fingerprint density at radius 1 is 1.37 bits per heavy atom. The molecule has 0 aromatic heterocycles. The molecule has 19 heavy (non-hydrogen) atoms. The molecule has 1 heterocycles. The Hall–Kier alpha value is -0.610. The maximum Gasteiger partial charge on any atom is 0.237 e. The normalized spacial score (nSPS) is 24.2. The Morgan fingerprint density at radius 3 is 2.63 bits per heavy atom. The zero-order valence-electron chi connectivity index (χ0n) is 13.0. The first-order valence-electron chi connectivity index (χ1n) is 7.69. The van der Waals surface area contributed by atoms with E-state index in [1.807, 2.05) is 6.92 Å². The van der Waals surface area contributed by atoms with E-state index in [4.69, 9.17) is 5.73 Å². The van der Waals surface area contributed by atoms with Gasteiger partial charge in [-0.25, -0.2) is 0 Å². The maximum atomic E-state index is 12.1. The van der Waals surface area contributed by atoms with E-state index in [0.717, 1.165) is 32.5 Å². The molecule has 112 valence electrons. The highest BCUT2D eigenvalue weighted by Crippen LogP contribution is 2.20. The minimum absolute atomic E-state index is 0.0336. The predicted molar refractivity (Wildman–Crippen MR) is 79.9 cm³/mol. The van der Waals surface area contributed by atoms with Crippen molar-refractivity contribution in [2.24, 2.45) is 17.6 Å². The number of hydrogen-bond acceptors (Lipinski definition) is 3. The fourth-order valence-electron chi connectivity index (χ4n) is 2.62. The van der Waals surface area contributed by atoms with Crippen LogP contribution in [0.4, 0.5) is 0 Å². The summed E-state index contributed by atoms with van der Waals surface area (Å²) in [5.74, 6) is 1.32. The number of rotatable bonds is 6. The monoisotopic (exact) mass is 269 g/mol. The highest BCUT2D eigenvalue weighted by molar-refractivity contribution is 5.81. The minimum Gasteiger partial charge on any atom is -0.355 e. The van der Waals surface area contributed by atoms with Gasteiger partial charge in [-0.3, -0.25) is 9.69 Å². The number of nitrogens with one attached hydrogen (secondary N) is 1. The van der Waals surface area contributed by atoms with Crippen LogP contribution in [0, 0.1) is 11.8 Å². The van der Waals surface area contributed by atoms with Crippen molar-refractivity contribution in [1.82, 2.24) is 10.2 Å². The van der Waals surface area contributed by atoms with Crippen molar-refractivity contribution >= 4 is 5.91 Å². The second kappa shape index (κ2) is 7.85. The van der Waals surface area contributed by atoms with Crippen molar-refractivity contribution in [3.63, 3.8) is 0 Å². The molecule has 0 saturated carbocycles. The van der Waals surface area contributed by atoms with Gasteiger partial charge in [0.1, 0.15) is 0 Å². The smallest absolute Gasteiger partial charge is 0.237 e. The first-order valence-corrected chi connectivity index (χ1v) is 7.69. The fraction of sp³-hybridized carbons (Fsp3) is 0.933. The molecule has 3 unspecified atom stereocenters. The summed E-state index contributed by atoms with van der Waals surface area (Å²) in [4.78, 5) is 14.4. The van der Waals surface area contributed by atoms with Crippen molar-refractivity contribution < 1.29 is 4.79 Å². The number of nitrogens with zero attached hydrogens (tertiary/aromatic N) is 1. The van der Waals surface area contributed by atoms with Gasteiger partial charge in [-0.2, -0.15) is 0 Å². The van der Waals surface area contributed by atoms with E-state index in [2.05, 4.69) is 31.0 Å². The van der Waals surface area contributed by atoms with Crippen LogP contribution >= 0.6 is 0 Å². The van der Waals surface area contributed by atoms with Crippen LogP contribution in [-0.2, 0) is 4.79 Å². The van der Waals surface area contributed by atoms with Gasteiger partial charge in [0.25, 0.3) is 0 Å². The van der Waals surface area contributed by atoms with Crippen molar-refractivity contribution in [2.45, 2.75) is 59.0 Å². The topological polar surface area (TPSA) is 58.4 Å². The average Bonchev–Trinajstić information content (AvgIpc) is 2.37. The summed E-state index contributed by atoms with van der Waals surface area (Å²) in [6, 6.07) is 0.188. The summed E-state index contributed by atoms with van der Waals surface area (Å²) in [5.41, 5.74) is 5.99. The maximum absolute atomic E-state index is 12.1. The van der Waals surface area contributed by atoms with E-state index in [-0.39, 0.29) is 18.0 Å². The highest BCUT2D eigenvalue weighted by Gasteiger charge is 2.28. The number of carbonyl (C=O) groups is 1. The van der Waals surface area contributed by atoms with Crippen molar-refractivity contribution in [3.05, 3.63) is 0 Å². The third kappa shape index (κ3) is 5.49. The molecule has 1 fully saturated rings. The van der Waals surface area contributed by atoms with E-state index in [1.54, 1.807) is 0 Å². The fourth-order valence-corrected chi connectivity index (χ4v) is 2.62. The Kier molecular flexibility index (Phi) is 6.80. The summed E-state index contributed by atoms with van der Waals surface area (Å²) in [5, 5.41) is 3.04. The molecule has 1 saturated heterocycles. The summed E-state index contributed by atoms with van der Waals surface area (Å²) in [6.07, 6.45) is 3.38. The standard InChI is InChI=1S/C15H31N3O/c1-11(2)7-8-17-15(19)13(4)18-9-5-6-14(10-18)12(3)16/h11-14H,5-10,16H2,1-4H3,(H,17,19). The van der Waals surface area contributed by atoms with Crippen LogP contribution in [0.1, 0.15) is 47.0 Å². The third-order valence-electron chi connectivity index (χ3n) is 4.18. The molecule has 3 atom stereocenters. The number of nitrogens with two attached hydrogens (primary N) is 1. The average molecular weight is 269 g/mol. The molecule has 4 nitrogen and oxygen atoms in total. The second-order valence-electron chi connectivity index (χ2n) is 6.41. The second-order valence-corrected chi connectivity index (χ2v) is 6.41. The SMILES string of the molecule is CC(C)CCNC(=O)C(C)N1CCCC(C(C)N)C1. The molecule has 0 aromatic rings. The Bertz CT molecular complexity index is 279. The minimum atomic E-state index is -0.0336. The molecule has 1 aliphatic rings. The summed E-state index contributed by atoms with van der Waals surface area (Å²) in [6.45, 7) is 11.2. The van der Waals surface area contributed by atoms with E-state index < -0.39 is 0 Å². The van der Waals surface area contributed by atoms with Crippen LogP contribution in [0.15, 0.2) is 0 Å². The Morgan fingerprint density at radius 2 is 2.05 bits per heavy atom. The van der Waals surface area contributed by atoms with Gasteiger partial charge >= 0.3 is 0 Å². The lowest BCUT2D eigenvalue weighted by atomic mass is 9.91. The number of carbonyl (C=O) groups excluding carboxylic acids is 1. The first kappa shape index (κ1) is 16.4. The molecule has 0 aromatic carbocycles. The third-order valence-corrected chi connectivity index (χ3v) is 4.18. The lowest BCUT2D eigenvalue weighted by Crippen LogP contribution is -2.51. The zero-order valence-corrected chi connectivity index (χ0v) is 13.0. The number of amides is 1. The molecular weight excluding hydrogens is 238 g/mol. The molecule has 0 bridgehead atoms. The predicted octanol–water partition coefficient (Wildman–Crippen LogP) is 1.60. The van der Waals surface area contributed by atoms with E-state index in [9.17, 15) is 4.79 Å². The number of piperidine rings is 1. The molecule has 1 aliphatic heterocycles. The number of hydrogen-bond donors (Lipinski definition) is 2. The quantitative estimate of drug-likeness (QED) is 0.770. The van der Waals surface area contributed by atoms with E-state index >= 15 is 0 Å². The molecule has 3 N–H and O–H groups in total. The van der Waals surface area contributed by atoms with Crippen LogP contribution < -0.4 is 11.1 Å². The van der Waals surface area contributed by atoms with E-state index in [0.29, 0.717) is 11.8 Å². The largest absolute Gasteiger partial charge is 0.355 e. The van der Waals surface area contributed by atoms with E-state index in [1.165, 1.54) is 6.42 Å². The summed E-state index contributed by atoms with van der Waals surface area (Å²) in [7, 11) is 0. The lowest BCUT2D eigenvalue weighted by Gasteiger charge is -2.37. The zero-order chi connectivity index (χ0) is 14.4. The molecule has 0 radical (unpaired) electrons. The van der Waals surface area contributed by atoms with Gasteiger partial charge in [-0.15, -0.1) is 0 Å². The van der Waals surface area contributed by atoms with Gasteiger partial charge in [-0.05, 0) is 51.5 Å². The van der Waals surface area contributed by atoms with Gasteiger partial charge in [0.05, 0.1) is 6.04 Å². The van der Waals surface area contributed by atoms with Gasteiger partial charge in [0.2, 0.25) is 5.91 Å². The van der Waals surface area contributed by atoms with Crippen molar-refractivity contribution in [1.29, 1.82) is 0 Å². The van der Waals surface area contributed by atoms with Crippen LogP contribution in [0.2, 0.25) is 0 Å². The van der Waals surface area contributed by atoms with Gasteiger partial charge < -0.3 is 11.1 Å². The Balaban J connectivity index is 2.38. The molecule has 4 heteroatoms. The van der Waals surface area contributed by atoms with Crippen LogP contribution in [0.5, 0.6) is 0 Å². The molecule has 0 aliphatic carbocycles. The highest BCUT2D eigenvalue weighted by atomic mass is 16.2. The number of likely N-dealkylation sites (tertiary alicyclic amines) is 1. The molecular formula is C15H31N3O. The van der Waals surface area contributed by atoms with Gasteiger partial charge in [-0.1, -0.05) is 13.8 Å². The molecule has 1 amide bonds. The van der Waals surface area contributed by atoms with Gasteiger partial charge in [0.15, 0.2) is 0 Å². The van der Waals surface area contributed by atoms with Crippen LogP contribution in [0.25, 0.3) is 0 Å². The molecule has 0 spiro atoms. The summed E-state index contributed by atoms with van der Waals surface area (Å²) < 4.78 is 0. The Labute approximate surface area is 118 Å². The summed E-state index contributed by atoms with van der Waals surface area (Å²) >= 11 is 0. The van der Waals surface area contributed by atoms with Crippen LogP contribution in [0.3, 0.4) is 0 Å². The van der Waals surface area contributed by atoms with Crippen molar-refractivity contribution in [2.75, 3.05) is 19.6 Å².